The first-order valence-electron chi connectivity index (χ1n) is 10.6. The van der Waals surface area contributed by atoms with E-state index in [0.717, 1.165) is 42.4 Å². The summed E-state index contributed by atoms with van der Waals surface area (Å²) in [6, 6.07) is 0. The zero-order chi connectivity index (χ0) is 16.4. The predicted molar refractivity (Wildman–Crippen MR) is 97.3 cm³/mol. The van der Waals surface area contributed by atoms with Crippen LogP contribution < -0.4 is 0 Å². The maximum absolute atomic E-state index is 8.04. The quantitative estimate of drug-likeness (QED) is 0.676. The van der Waals surface area contributed by atoms with E-state index < -0.39 is 0 Å². The zero-order valence-electron chi connectivity index (χ0n) is 15.3. The van der Waals surface area contributed by atoms with Crippen molar-refractivity contribution >= 4 is 5.71 Å². The highest BCUT2D eigenvalue weighted by Gasteiger charge is 2.65. The van der Waals surface area contributed by atoms with E-state index in [-0.39, 0.29) is 5.60 Å². The predicted octanol–water partition coefficient (Wildman–Crippen LogP) is 5.52. The number of nitrogens with one attached hydrogen (secondary N) is 1. The molecule has 2 nitrogen and oxygen atoms in total. The van der Waals surface area contributed by atoms with Crippen LogP contribution in [0.25, 0.3) is 0 Å². The van der Waals surface area contributed by atoms with Gasteiger partial charge >= 0.3 is 0 Å². The first-order valence-corrected chi connectivity index (χ1v) is 10.6. The van der Waals surface area contributed by atoms with Crippen molar-refractivity contribution in [3.05, 3.63) is 11.6 Å². The van der Waals surface area contributed by atoms with Crippen LogP contribution in [0.3, 0.4) is 0 Å². The van der Waals surface area contributed by atoms with Gasteiger partial charge in [0.15, 0.2) is 0 Å². The standard InChI is InChI=1S/C22H33NO/c1-2-21-11-8-18-17-7-5-16(23)14-15(17)4-6-19(18)20(21)9-12-22(21)10-3-13-24-22/h14,17-20,23H,2-13H2,1H3/t17-,18?,19?,20?,21-,22-/m0/s1. The van der Waals surface area contributed by atoms with Crippen LogP contribution >= 0.6 is 0 Å². The molecule has 24 heavy (non-hydrogen) atoms. The smallest absolute Gasteiger partial charge is 0.0742 e. The van der Waals surface area contributed by atoms with Crippen LogP contribution in [0, 0.1) is 34.5 Å². The Bertz CT molecular complexity index is 573. The Morgan fingerprint density at radius 1 is 1.08 bits per heavy atom. The Morgan fingerprint density at radius 2 is 2.00 bits per heavy atom. The summed E-state index contributed by atoms with van der Waals surface area (Å²) >= 11 is 0. The molecule has 1 saturated heterocycles. The summed E-state index contributed by atoms with van der Waals surface area (Å²) in [5.74, 6) is 3.59. The molecule has 3 unspecified atom stereocenters. The second kappa shape index (κ2) is 5.43. The highest BCUT2D eigenvalue weighted by molar-refractivity contribution is 5.93. The van der Waals surface area contributed by atoms with Gasteiger partial charge in [0.05, 0.1) is 5.60 Å². The number of allylic oxidation sites excluding steroid dienone is 2. The summed E-state index contributed by atoms with van der Waals surface area (Å²) in [4.78, 5) is 0. The van der Waals surface area contributed by atoms with Crippen molar-refractivity contribution in [2.45, 2.75) is 83.2 Å². The highest BCUT2D eigenvalue weighted by atomic mass is 16.5. The van der Waals surface area contributed by atoms with Gasteiger partial charge in [0.25, 0.3) is 0 Å². The molecule has 5 aliphatic rings. The van der Waals surface area contributed by atoms with Gasteiger partial charge in [-0.1, -0.05) is 12.5 Å². The number of hydrogen-bond acceptors (Lipinski definition) is 2. The lowest BCUT2D eigenvalue weighted by atomic mass is 9.49. The molecule has 0 amide bonds. The molecule has 1 heterocycles. The van der Waals surface area contributed by atoms with Crippen LogP contribution in [0.15, 0.2) is 11.6 Å². The second-order valence-corrected chi connectivity index (χ2v) is 9.40. The van der Waals surface area contributed by atoms with E-state index in [4.69, 9.17) is 10.1 Å². The molecule has 3 saturated carbocycles. The molecule has 132 valence electrons. The summed E-state index contributed by atoms with van der Waals surface area (Å²) in [6.07, 6.45) is 16.8. The maximum Gasteiger partial charge on any atom is 0.0742 e. The Labute approximate surface area is 146 Å². The van der Waals surface area contributed by atoms with Gasteiger partial charge in [0.1, 0.15) is 0 Å². The molecule has 1 spiro atoms. The Balaban J connectivity index is 1.48. The van der Waals surface area contributed by atoms with Crippen LogP contribution in [-0.2, 0) is 4.74 Å². The highest BCUT2D eigenvalue weighted by Crippen LogP contribution is 2.68. The number of rotatable bonds is 1. The van der Waals surface area contributed by atoms with Crippen LogP contribution in [0.1, 0.15) is 77.6 Å². The van der Waals surface area contributed by atoms with Gasteiger partial charge < -0.3 is 10.1 Å². The molecule has 0 bridgehead atoms. The SMILES string of the molecule is CC[C@]12CCC3C(CCC4=CC(=N)CC[C@@H]43)C1CC[C@@]21CCCO1. The summed E-state index contributed by atoms with van der Waals surface area (Å²) < 4.78 is 6.53. The van der Waals surface area contributed by atoms with E-state index in [0.29, 0.717) is 5.41 Å². The van der Waals surface area contributed by atoms with Crippen molar-refractivity contribution in [1.29, 1.82) is 5.41 Å². The molecule has 6 atom stereocenters. The Morgan fingerprint density at radius 3 is 2.79 bits per heavy atom. The molecule has 1 aliphatic heterocycles. The van der Waals surface area contributed by atoms with Gasteiger partial charge in [0, 0.05) is 17.7 Å². The first kappa shape index (κ1) is 15.6. The maximum atomic E-state index is 8.04. The lowest BCUT2D eigenvalue weighted by molar-refractivity contribution is -0.138. The minimum atomic E-state index is 0.252. The van der Waals surface area contributed by atoms with E-state index in [1.165, 1.54) is 64.2 Å². The molecular formula is C22H33NO. The lowest BCUT2D eigenvalue weighted by Crippen LogP contribution is -2.53. The molecule has 0 aromatic heterocycles. The fourth-order valence-corrected chi connectivity index (χ4v) is 8.17. The molecule has 2 heteroatoms. The third-order valence-corrected chi connectivity index (χ3v) is 9.04. The fourth-order valence-electron chi connectivity index (χ4n) is 8.17. The molecular weight excluding hydrogens is 294 g/mol. The normalized spacial score (nSPS) is 50.4. The number of hydrogen-bond donors (Lipinski definition) is 1. The Kier molecular flexibility index (Phi) is 3.53. The van der Waals surface area contributed by atoms with Gasteiger partial charge in [-0.2, -0.15) is 0 Å². The van der Waals surface area contributed by atoms with E-state index >= 15 is 0 Å². The largest absolute Gasteiger partial charge is 0.374 e. The third kappa shape index (κ3) is 1.90. The van der Waals surface area contributed by atoms with Gasteiger partial charge in [-0.3, -0.25) is 0 Å². The van der Waals surface area contributed by atoms with Crippen molar-refractivity contribution in [2.75, 3.05) is 6.61 Å². The second-order valence-electron chi connectivity index (χ2n) is 9.40. The molecule has 5 rings (SSSR count). The van der Waals surface area contributed by atoms with E-state index in [2.05, 4.69) is 13.0 Å². The molecule has 1 N–H and O–H groups in total. The van der Waals surface area contributed by atoms with Crippen molar-refractivity contribution < 1.29 is 4.74 Å². The van der Waals surface area contributed by atoms with Gasteiger partial charge in [0.2, 0.25) is 0 Å². The van der Waals surface area contributed by atoms with Crippen LogP contribution in [0.4, 0.5) is 0 Å². The zero-order valence-corrected chi connectivity index (χ0v) is 15.3. The average molecular weight is 328 g/mol. The van der Waals surface area contributed by atoms with Crippen molar-refractivity contribution in [2.24, 2.45) is 29.1 Å². The van der Waals surface area contributed by atoms with Crippen molar-refractivity contribution in [3.8, 4) is 0 Å². The Hall–Kier alpha value is -0.630. The molecule has 0 aromatic carbocycles. The van der Waals surface area contributed by atoms with E-state index in [1.54, 1.807) is 5.57 Å². The fraction of sp³-hybridized carbons (Fsp3) is 0.864. The van der Waals surface area contributed by atoms with Crippen LogP contribution in [0.2, 0.25) is 0 Å². The molecule has 4 aliphatic carbocycles. The summed E-state index contributed by atoms with van der Waals surface area (Å²) in [6.45, 7) is 3.47. The van der Waals surface area contributed by atoms with E-state index in [9.17, 15) is 0 Å². The molecule has 0 radical (unpaired) electrons. The van der Waals surface area contributed by atoms with Gasteiger partial charge in [-0.15, -0.1) is 0 Å². The monoisotopic (exact) mass is 327 g/mol. The minimum Gasteiger partial charge on any atom is -0.374 e. The molecule has 4 fully saturated rings. The lowest BCUT2D eigenvalue weighted by Gasteiger charge is -2.57. The summed E-state index contributed by atoms with van der Waals surface area (Å²) in [5.41, 5.74) is 3.27. The molecule has 0 aromatic rings. The van der Waals surface area contributed by atoms with Crippen LogP contribution in [-0.4, -0.2) is 17.9 Å². The number of fused-ring (bicyclic) bond motifs is 6. The van der Waals surface area contributed by atoms with Gasteiger partial charge in [-0.05, 0) is 100 Å². The minimum absolute atomic E-state index is 0.252. The topological polar surface area (TPSA) is 33.1 Å². The van der Waals surface area contributed by atoms with Crippen LogP contribution in [0.5, 0.6) is 0 Å². The summed E-state index contributed by atoms with van der Waals surface area (Å²) in [7, 11) is 0. The first-order chi connectivity index (χ1) is 11.7. The van der Waals surface area contributed by atoms with Crippen molar-refractivity contribution in [1.82, 2.24) is 0 Å². The number of ether oxygens (including phenoxy) is 1. The summed E-state index contributed by atoms with van der Waals surface area (Å²) in [5, 5.41) is 8.04. The average Bonchev–Trinajstić information content (AvgIpc) is 3.21. The van der Waals surface area contributed by atoms with E-state index in [1.807, 2.05) is 0 Å². The third-order valence-electron chi connectivity index (χ3n) is 9.04. The van der Waals surface area contributed by atoms with Gasteiger partial charge in [-0.25, -0.2) is 0 Å². The van der Waals surface area contributed by atoms with Crippen molar-refractivity contribution in [3.63, 3.8) is 0 Å².